The maximum Gasteiger partial charge on any atom is 0.123 e. The molecule has 2 N–H and O–H groups in total. The third-order valence-electron chi connectivity index (χ3n) is 3.74. The molecule has 0 amide bonds. The van der Waals surface area contributed by atoms with Crippen molar-refractivity contribution in [3.8, 4) is 0 Å². The van der Waals surface area contributed by atoms with Crippen molar-refractivity contribution >= 4 is 5.69 Å². The highest BCUT2D eigenvalue weighted by Gasteiger charge is 2.10. The van der Waals surface area contributed by atoms with Gasteiger partial charge in [0.1, 0.15) is 5.82 Å². The van der Waals surface area contributed by atoms with E-state index in [-0.39, 0.29) is 11.9 Å². The molecule has 0 fully saturated rings. The van der Waals surface area contributed by atoms with Gasteiger partial charge in [-0.05, 0) is 55.7 Å². The standard InChI is InChI=1S/C18H23FN2/c1-3-21(17-9-4-6-14(2)12-17)11-10-18(20)15-7-5-8-16(19)13-15/h4-9,12-13,18H,3,10-11,20H2,1-2H3. The van der Waals surface area contributed by atoms with Crippen molar-refractivity contribution < 1.29 is 4.39 Å². The lowest BCUT2D eigenvalue weighted by Crippen LogP contribution is -2.27. The van der Waals surface area contributed by atoms with Crippen LogP contribution in [0.5, 0.6) is 0 Å². The molecule has 0 aliphatic rings. The normalized spacial score (nSPS) is 12.2. The van der Waals surface area contributed by atoms with E-state index in [1.54, 1.807) is 6.07 Å². The van der Waals surface area contributed by atoms with Crippen LogP contribution >= 0.6 is 0 Å². The Kier molecular flexibility index (Phi) is 5.34. The van der Waals surface area contributed by atoms with E-state index in [0.717, 1.165) is 25.1 Å². The molecule has 0 aliphatic heterocycles. The van der Waals surface area contributed by atoms with E-state index < -0.39 is 0 Å². The highest BCUT2D eigenvalue weighted by molar-refractivity contribution is 5.48. The summed E-state index contributed by atoms with van der Waals surface area (Å²) in [4.78, 5) is 2.30. The van der Waals surface area contributed by atoms with E-state index in [0.29, 0.717) is 0 Å². The van der Waals surface area contributed by atoms with Crippen LogP contribution in [0, 0.1) is 12.7 Å². The van der Waals surface area contributed by atoms with E-state index in [4.69, 9.17) is 5.73 Å². The summed E-state index contributed by atoms with van der Waals surface area (Å²) in [5.41, 5.74) is 9.50. The summed E-state index contributed by atoms with van der Waals surface area (Å²) in [6.07, 6.45) is 0.797. The number of anilines is 1. The number of halogens is 1. The molecule has 0 aromatic heterocycles. The number of hydrogen-bond acceptors (Lipinski definition) is 2. The molecule has 2 rings (SSSR count). The first kappa shape index (κ1) is 15.5. The number of nitrogens with two attached hydrogens (primary N) is 1. The zero-order chi connectivity index (χ0) is 15.2. The minimum atomic E-state index is -0.228. The van der Waals surface area contributed by atoms with Crippen LogP contribution in [-0.4, -0.2) is 13.1 Å². The Labute approximate surface area is 126 Å². The SMILES string of the molecule is CCN(CCC(N)c1cccc(F)c1)c1cccc(C)c1. The smallest absolute Gasteiger partial charge is 0.123 e. The monoisotopic (exact) mass is 286 g/mol. The minimum Gasteiger partial charge on any atom is -0.372 e. The molecule has 0 saturated heterocycles. The zero-order valence-electron chi connectivity index (χ0n) is 12.7. The minimum absolute atomic E-state index is 0.139. The summed E-state index contributed by atoms with van der Waals surface area (Å²) in [5, 5.41) is 0. The van der Waals surface area contributed by atoms with Crippen LogP contribution in [0.4, 0.5) is 10.1 Å². The molecule has 2 aromatic carbocycles. The van der Waals surface area contributed by atoms with Crippen molar-refractivity contribution in [1.29, 1.82) is 0 Å². The predicted molar refractivity (Wildman–Crippen MR) is 87.0 cm³/mol. The van der Waals surface area contributed by atoms with Crippen LogP contribution in [0.15, 0.2) is 48.5 Å². The lowest BCUT2D eigenvalue weighted by molar-refractivity contribution is 0.604. The first-order valence-corrected chi connectivity index (χ1v) is 7.43. The van der Waals surface area contributed by atoms with Gasteiger partial charge in [0.2, 0.25) is 0 Å². The number of rotatable bonds is 6. The molecule has 0 saturated carbocycles. The van der Waals surface area contributed by atoms with Gasteiger partial charge in [0, 0.05) is 24.8 Å². The summed E-state index contributed by atoms with van der Waals surface area (Å²) in [7, 11) is 0. The van der Waals surface area contributed by atoms with E-state index in [2.05, 4.69) is 43.0 Å². The predicted octanol–water partition coefficient (Wildman–Crippen LogP) is 4.05. The summed E-state index contributed by atoms with van der Waals surface area (Å²) < 4.78 is 13.2. The molecule has 21 heavy (non-hydrogen) atoms. The second kappa shape index (κ2) is 7.23. The second-order valence-corrected chi connectivity index (χ2v) is 5.37. The van der Waals surface area contributed by atoms with Gasteiger partial charge in [-0.15, -0.1) is 0 Å². The van der Waals surface area contributed by atoms with Gasteiger partial charge < -0.3 is 10.6 Å². The van der Waals surface area contributed by atoms with Crippen LogP contribution in [0.3, 0.4) is 0 Å². The Bertz CT molecular complexity index is 583. The fourth-order valence-electron chi connectivity index (χ4n) is 2.49. The Hall–Kier alpha value is -1.87. The fraction of sp³-hybridized carbons (Fsp3) is 0.333. The van der Waals surface area contributed by atoms with Crippen LogP contribution < -0.4 is 10.6 Å². The van der Waals surface area contributed by atoms with Gasteiger partial charge >= 0.3 is 0 Å². The lowest BCUT2D eigenvalue weighted by atomic mass is 10.0. The Balaban J connectivity index is 2.00. The van der Waals surface area contributed by atoms with Crippen molar-refractivity contribution in [2.45, 2.75) is 26.3 Å². The lowest BCUT2D eigenvalue weighted by Gasteiger charge is -2.25. The van der Waals surface area contributed by atoms with Crippen LogP contribution in [0.25, 0.3) is 0 Å². The highest BCUT2D eigenvalue weighted by Crippen LogP contribution is 2.20. The summed E-state index contributed by atoms with van der Waals surface area (Å²) >= 11 is 0. The van der Waals surface area contributed by atoms with Crippen molar-refractivity contribution in [3.05, 3.63) is 65.5 Å². The van der Waals surface area contributed by atoms with E-state index in [9.17, 15) is 4.39 Å². The van der Waals surface area contributed by atoms with Gasteiger partial charge in [0.05, 0.1) is 0 Å². The Morgan fingerprint density at radius 2 is 1.90 bits per heavy atom. The third-order valence-corrected chi connectivity index (χ3v) is 3.74. The molecule has 0 aliphatic carbocycles. The quantitative estimate of drug-likeness (QED) is 0.868. The molecule has 112 valence electrons. The van der Waals surface area contributed by atoms with Crippen molar-refractivity contribution in [3.63, 3.8) is 0 Å². The van der Waals surface area contributed by atoms with Gasteiger partial charge in [-0.3, -0.25) is 0 Å². The van der Waals surface area contributed by atoms with Gasteiger partial charge in [0.25, 0.3) is 0 Å². The van der Waals surface area contributed by atoms with Gasteiger partial charge in [-0.1, -0.05) is 24.3 Å². The molecule has 2 nitrogen and oxygen atoms in total. The van der Waals surface area contributed by atoms with Crippen molar-refractivity contribution in [2.75, 3.05) is 18.0 Å². The molecule has 3 heteroatoms. The average molecular weight is 286 g/mol. The molecule has 0 bridgehead atoms. The summed E-state index contributed by atoms with van der Waals surface area (Å²) in [6.45, 7) is 6.02. The maximum absolute atomic E-state index is 13.2. The van der Waals surface area contributed by atoms with Gasteiger partial charge in [0.15, 0.2) is 0 Å². The first-order chi connectivity index (χ1) is 10.1. The summed E-state index contributed by atoms with van der Waals surface area (Å²) in [6, 6.07) is 14.9. The first-order valence-electron chi connectivity index (χ1n) is 7.43. The average Bonchev–Trinajstić information content (AvgIpc) is 2.48. The van der Waals surface area contributed by atoms with Crippen molar-refractivity contribution in [1.82, 2.24) is 0 Å². The molecular formula is C18H23FN2. The molecule has 0 spiro atoms. The van der Waals surface area contributed by atoms with E-state index in [1.807, 2.05) is 6.07 Å². The molecule has 1 atom stereocenters. The van der Waals surface area contributed by atoms with Gasteiger partial charge in [-0.25, -0.2) is 4.39 Å². The Morgan fingerprint density at radius 3 is 2.57 bits per heavy atom. The number of benzene rings is 2. The largest absolute Gasteiger partial charge is 0.372 e. The number of nitrogens with zero attached hydrogens (tertiary/aromatic N) is 1. The number of hydrogen-bond donors (Lipinski definition) is 1. The second-order valence-electron chi connectivity index (χ2n) is 5.37. The summed E-state index contributed by atoms with van der Waals surface area (Å²) in [5.74, 6) is -0.228. The fourth-order valence-corrected chi connectivity index (χ4v) is 2.49. The molecule has 1 unspecified atom stereocenters. The molecule has 2 aromatic rings. The highest BCUT2D eigenvalue weighted by atomic mass is 19.1. The van der Waals surface area contributed by atoms with Crippen molar-refractivity contribution in [2.24, 2.45) is 5.73 Å². The zero-order valence-corrected chi connectivity index (χ0v) is 12.7. The molecular weight excluding hydrogens is 263 g/mol. The van der Waals surface area contributed by atoms with Crippen LogP contribution in [0.2, 0.25) is 0 Å². The number of aryl methyl sites for hydroxylation is 1. The van der Waals surface area contributed by atoms with Gasteiger partial charge in [-0.2, -0.15) is 0 Å². The molecule has 0 heterocycles. The third kappa shape index (κ3) is 4.30. The van der Waals surface area contributed by atoms with E-state index >= 15 is 0 Å². The topological polar surface area (TPSA) is 29.3 Å². The van der Waals surface area contributed by atoms with Crippen LogP contribution in [-0.2, 0) is 0 Å². The van der Waals surface area contributed by atoms with Crippen LogP contribution in [0.1, 0.15) is 30.5 Å². The van der Waals surface area contributed by atoms with E-state index in [1.165, 1.54) is 23.4 Å². The Morgan fingerprint density at radius 1 is 1.14 bits per heavy atom. The molecule has 0 radical (unpaired) electrons. The maximum atomic E-state index is 13.2.